The van der Waals surface area contributed by atoms with Crippen LogP contribution in [0.3, 0.4) is 0 Å². The van der Waals surface area contributed by atoms with E-state index in [2.05, 4.69) is 30.6 Å². The Hall–Kier alpha value is -9.99. The standard InChI is InChI=1S/C93H128N16O19S/c1-58-19-12-11-13-20-59(2)77(120-8)51-71-27-24-64(7)93(117,128-71)86(114)89(115)108-33-16-14-23-73(108)90(116)126-78(52-74(110)60(3)46-63(6)84(113)85(122-10)83(112)62(5)45-58)61(4)47-65-25-28-76(79(49-65)121-9)125-56-66-21-18-22-67(48-66)69-53-97-92(98-54-69)105-35-37-107(38-36-105)129(118,119)44-31-70-55-106(104-102-70)39-41-124-43-42-123-40-30-80(111)96-32-15-17-34-109-88-81(87(94)99-57-100-88)82(103-109)68-26-29-75-72(50-68)101-91(95)127-75/h11-13,18-22,26,29,46,48,50,53-55,57-58,60-62,64-65,71,73,76-79,84-85,113,117H,14-17,23-25,27-28,30-45,47,49,51-52,56H2,1-10H3,(H2,95,101)(H,96,111)(H2,94,99,100)/b13-11+,19-12+,59-20+,63-46+/t58-,60-,61-,62-,64-,65+,71+,73+,76-,77+,78+,79-,84-,85+,93-/m1/s1. The lowest BCUT2D eigenvalue weighted by Gasteiger charge is -2.42. The first-order valence-electron chi connectivity index (χ1n) is 45.2. The number of rotatable bonds is 30. The summed E-state index contributed by atoms with van der Waals surface area (Å²) in [5.74, 6) is -7.92. The van der Waals surface area contributed by atoms with E-state index in [1.807, 2.05) is 99.4 Å². The van der Waals surface area contributed by atoms with Crippen LogP contribution in [-0.4, -0.2) is 260 Å². The van der Waals surface area contributed by atoms with Gasteiger partial charge in [-0.2, -0.15) is 14.4 Å². The highest BCUT2D eigenvalue weighted by Crippen LogP contribution is 2.40. The normalized spacial score (nSPS) is 27.3. The number of nitrogens with one attached hydrogen (secondary N) is 1. The lowest BCUT2D eigenvalue weighted by molar-refractivity contribution is -0.265. The van der Waals surface area contributed by atoms with Gasteiger partial charge in [0.05, 0.1) is 80.8 Å². The molecular formula is C93H128N16O19S. The van der Waals surface area contributed by atoms with Crippen molar-refractivity contribution in [2.45, 2.75) is 225 Å². The number of oxazole rings is 1. The summed E-state index contributed by atoms with van der Waals surface area (Å²) >= 11 is 0. The lowest BCUT2D eigenvalue weighted by atomic mass is 9.78. The van der Waals surface area contributed by atoms with E-state index in [1.165, 1.54) is 22.6 Å². The number of ether oxygens (including phenoxy) is 8. The topological polar surface area (TPSA) is 451 Å². The summed E-state index contributed by atoms with van der Waals surface area (Å²) < 4.78 is 86.1. The van der Waals surface area contributed by atoms with E-state index in [1.54, 1.807) is 75.1 Å². The predicted octanol–water partition coefficient (Wildman–Crippen LogP) is 9.28. The molecule has 0 unspecified atom stereocenters. The number of nitrogens with two attached hydrogens (primary N) is 2. The third kappa shape index (κ3) is 25.8. The second-order valence-corrected chi connectivity index (χ2v) is 37.2. The number of aliphatic hydroxyl groups excluding tert-OH is 1. The van der Waals surface area contributed by atoms with Crippen molar-refractivity contribution in [2.24, 2.45) is 35.5 Å². The number of fused-ring (bicyclic) bond motifs is 5. The molecule has 0 radical (unpaired) electrons. The monoisotopic (exact) mass is 1800 g/mol. The zero-order valence-electron chi connectivity index (χ0n) is 75.8. The number of aromatic nitrogens is 10. The number of carbonyl (C=O) groups excluding carboxylic acids is 6. The molecule has 1 aliphatic carbocycles. The second kappa shape index (κ2) is 46.2. The fourth-order valence-electron chi connectivity index (χ4n) is 17.9. The van der Waals surface area contributed by atoms with Crippen LogP contribution in [0.2, 0.25) is 0 Å². The summed E-state index contributed by atoms with van der Waals surface area (Å²) in [6, 6.07) is 12.3. The summed E-state index contributed by atoms with van der Waals surface area (Å²) in [6.07, 6.45) is 19.5. The molecule has 5 aliphatic rings. The van der Waals surface area contributed by atoms with E-state index < -0.39 is 93.7 Å². The van der Waals surface area contributed by atoms with Gasteiger partial charge < -0.3 is 79.1 Å². The second-order valence-electron chi connectivity index (χ2n) is 35.1. The Kier molecular flexibility index (Phi) is 35.1. The molecule has 0 spiro atoms. The summed E-state index contributed by atoms with van der Waals surface area (Å²) in [4.78, 5) is 111. The minimum atomic E-state index is -3.64. The molecule has 12 rings (SSSR count). The number of hydrogen-bond donors (Lipinski definition) is 5. The fraction of sp³-hybridized carbons (Fsp3) is 0.591. The number of Topliss-reactive ketones (excluding diaryl/α,β-unsaturated/α-hetero) is 3. The van der Waals surface area contributed by atoms with Gasteiger partial charge >= 0.3 is 5.97 Å². The lowest BCUT2D eigenvalue weighted by Crippen LogP contribution is -2.61. The minimum Gasteiger partial charge on any atom is -0.460 e. The van der Waals surface area contributed by atoms with Crippen molar-refractivity contribution in [1.29, 1.82) is 0 Å². The van der Waals surface area contributed by atoms with E-state index >= 15 is 0 Å². The summed E-state index contributed by atoms with van der Waals surface area (Å²) in [6.45, 7) is 16.9. The van der Waals surface area contributed by atoms with E-state index in [9.17, 15) is 47.4 Å². The van der Waals surface area contributed by atoms with Gasteiger partial charge in [0.25, 0.3) is 17.7 Å². The number of amides is 2. The molecule has 3 saturated heterocycles. The molecule has 4 fully saturated rings. The van der Waals surface area contributed by atoms with Crippen molar-refractivity contribution in [3.05, 3.63) is 126 Å². The maximum Gasteiger partial charge on any atom is 0.329 e. The Morgan fingerprint density at radius 3 is 2.34 bits per heavy atom. The number of piperidine rings is 1. The number of piperazine rings is 1. The number of benzene rings is 2. The number of allylic oxidation sites excluding steroid dienone is 6. The number of ketones is 3. The summed E-state index contributed by atoms with van der Waals surface area (Å²) in [5.41, 5.74) is 19.5. The molecule has 5 aromatic heterocycles. The summed E-state index contributed by atoms with van der Waals surface area (Å²) in [7, 11) is 0.974. The van der Waals surface area contributed by atoms with Crippen molar-refractivity contribution in [1.82, 2.24) is 64.2 Å². The van der Waals surface area contributed by atoms with Crippen LogP contribution in [0.25, 0.3) is 44.5 Å². The largest absolute Gasteiger partial charge is 0.460 e. The molecule has 2 aromatic carbocycles. The Morgan fingerprint density at radius 1 is 0.791 bits per heavy atom. The number of nitrogens with zero attached hydrogens (tertiary/aromatic N) is 13. The Morgan fingerprint density at radius 2 is 1.57 bits per heavy atom. The van der Waals surface area contributed by atoms with E-state index in [0.717, 1.165) is 34.2 Å². The van der Waals surface area contributed by atoms with Gasteiger partial charge in [-0.25, -0.2) is 42.5 Å². The molecule has 2 amide bonds. The Bertz CT molecular complexity index is 5200. The van der Waals surface area contributed by atoms with Gasteiger partial charge in [0.2, 0.25) is 27.7 Å². The van der Waals surface area contributed by atoms with Gasteiger partial charge in [-0.1, -0.05) is 94.5 Å². The van der Waals surface area contributed by atoms with Crippen LogP contribution in [0.15, 0.2) is 119 Å². The first-order valence-corrected chi connectivity index (χ1v) is 46.8. The zero-order chi connectivity index (χ0) is 92.1. The number of nitrogen functional groups attached to an aromatic ring is 2. The highest BCUT2D eigenvalue weighted by molar-refractivity contribution is 7.89. The van der Waals surface area contributed by atoms with Crippen molar-refractivity contribution in [3.63, 3.8) is 0 Å². The average molecular weight is 1810 g/mol. The first-order chi connectivity index (χ1) is 62.0. The SMILES string of the molecule is CO[C@H]1C[C@@H]2CC[C@@H](C)[C@@](O)(O2)C(=O)C(=O)N2CCCC[C@H]2C(=O)O[C@H]([C@H](C)C[C@@H]2CC[C@@H](OCc3cccc(-c4cnc(N5CCN(S(=O)(=O)CCc6cn(CCOCCOCCC(=O)NCCCCn7nc(-c8ccc9oc(N)nc9c8)c8c(N)ncnc87)nn6)CC5)nc4)c3)[C@H](OC)C2)CC(=O)[C@H](C)/C=C(\C)[C@@H](O)[C@@H](OC)C(=O)[C@H](C)C[C@H](C)/C=C/C=C/C=C/1C. The average Bonchev–Trinajstić information content (AvgIpc) is 1.65. The van der Waals surface area contributed by atoms with Crippen molar-refractivity contribution < 1.29 is 89.7 Å². The van der Waals surface area contributed by atoms with Crippen molar-refractivity contribution in [2.75, 3.05) is 109 Å². The van der Waals surface area contributed by atoms with Crippen molar-refractivity contribution >= 4 is 85.1 Å². The highest BCUT2D eigenvalue weighted by atomic mass is 32.2. The number of methoxy groups -OCH3 is 3. The number of cyclic esters (lactones) is 1. The molecule has 700 valence electrons. The number of hydrogen-bond acceptors (Lipinski definition) is 30. The van der Waals surface area contributed by atoms with Crippen LogP contribution in [0, 0.1) is 35.5 Å². The highest BCUT2D eigenvalue weighted by Gasteiger charge is 2.53. The number of aliphatic hydroxyl groups is 2. The van der Waals surface area contributed by atoms with Crippen LogP contribution in [0.1, 0.15) is 156 Å². The smallest absolute Gasteiger partial charge is 0.329 e. The quantitative estimate of drug-likeness (QED) is 0.0121. The fourth-order valence-corrected chi connectivity index (χ4v) is 19.3. The number of unbranched alkanes of at least 4 members (excludes halogenated alkanes) is 1. The molecule has 35 nitrogen and oxygen atoms in total. The molecule has 7 aromatic rings. The Balaban J connectivity index is 0.571. The number of anilines is 3. The van der Waals surface area contributed by atoms with Crippen molar-refractivity contribution in [3.8, 4) is 22.4 Å². The minimum absolute atomic E-state index is 0.0182. The zero-order valence-corrected chi connectivity index (χ0v) is 76.6. The molecule has 9 heterocycles. The molecule has 129 heavy (non-hydrogen) atoms. The molecule has 1 saturated carbocycles. The van der Waals surface area contributed by atoms with Gasteiger partial charge in [0.1, 0.15) is 53.5 Å². The Labute approximate surface area is 753 Å². The molecule has 15 atom stereocenters. The predicted molar refractivity (Wildman–Crippen MR) is 482 cm³/mol. The maximum absolute atomic E-state index is 14.9. The van der Waals surface area contributed by atoms with Crippen LogP contribution in [0.5, 0.6) is 0 Å². The first kappa shape index (κ1) is 98.1. The third-order valence-corrected chi connectivity index (χ3v) is 27.5. The number of sulfonamides is 1. The maximum atomic E-state index is 14.9. The van der Waals surface area contributed by atoms with Gasteiger partial charge in [-0.05, 0) is 155 Å². The van der Waals surface area contributed by atoms with Crippen LogP contribution in [-0.2, 0) is 103 Å². The van der Waals surface area contributed by atoms with Gasteiger partial charge in [0.15, 0.2) is 17.0 Å². The molecular weight excluding hydrogens is 1680 g/mol. The van der Waals surface area contributed by atoms with E-state index in [0.29, 0.717) is 168 Å². The van der Waals surface area contributed by atoms with E-state index in [-0.39, 0.29) is 118 Å². The number of carbonyl (C=O) groups is 6. The van der Waals surface area contributed by atoms with Crippen LogP contribution < -0.4 is 21.7 Å². The number of esters is 1. The summed E-state index contributed by atoms with van der Waals surface area (Å²) in [5, 5.41) is 40.7. The number of aryl methyl sites for hydroxylation is 2. The van der Waals surface area contributed by atoms with Crippen LogP contribution in [0.4, 0.5) is 17.8 Å². The van der Waals surface area contributed by atoms with Gasteiger partial charge in [-0.3, -0.25) is 24.0 Å². The molecule has 4 aliphatic heterocycles. The van der Waals surface area contributed by atoms with Gasteiger partial charge in [0, 0.05) is 140 Å². The molecule has 2 bridgehead atoms. The van der Waals surface area contributed by atoms with Crippen LogP contribution >= 0.6 is 0 Å². The van der Waals surface area contributed by atoms with Gasteiger partial charge in [-0.15, -0.1) is 5.10 Å². The molecule has 7 N–H and O–H groups in total. The molecule has 36 heteroatoms. The third-order valence-electron chi connectivity index (χ3n) is 25.6. The van der Waals surface area contributed by atoms with E-state index in [4.69, 9.17) is 68.8 Å².